The number of carboxylic acid groups (broad SMARTS) is 1. The maximum Gasteiger partial charge on any atom is 0.325 e. The summed E-state index contributed by atoms with van der Waals surface area (Å²) in [7, 11) is -4.81. The average Bonchev–Trinajstić information content (AvgIpc) is 2.35. The summed E-state index contributed by atoms with van der Waals surface area (Å²) in [6, 6.07) is 0. The zero-order valence-electron chi connectivity index (χ0n) is 11.2. The maximum atomic E-state index is 11.4. The Morgan fingerprint density at radius 1 is 1.20 bits per heavy atom. The number of ether oxygens (including phenoxy) is 1. The molecule has 0 aromatic carbocycles. The van der Waals surface area contributed by atoms with E-state index >= 15 is 0 Å². The van der Waals surface area contributed by atoms with Crippen LogP contribution in [0.4, 0.5) is 0 Å². The molecule has 0 aromatic heterocycles. The van der Waals surface area contributed by atoms with Crippen molar-refractivity contribution in [2.75, 3.05) is 6.61 Å². The predicted molar refractivity (Wildman–Crippen MR) is 69.7 cm³/mol. The number of rotatable bonds is 7. The molecule has 0 heterocycles. The van der Waals surface area contributed by atoms with Crippen molar-refractivity contribution in [2.45, 2.75) is 50.2 Å². The number of hydrogen-bond donors (Lipinski definition) is 2. The van der Waals surface area contributed by atoms with E-state index in [0.29, 0.717) is 12.3 Å². The number of esters is 1. The number of carbonyl (C=O) groups is 2. The lowest BCUT2D eigenvalue weighted by Crippen LogP contribution is -2.32. The number of aliphatic carboxylic acids is 1. The van der Waals surface area contributed by atoms with E-state index in [1.165, 1.54) is 19.3 Å². The highest BCUT2D eigenvalue weighted by Gasteiger charge is 2.33. The van der Waals surface area contributed by atoms with Gasteiger partial charge in [0.2, 0.25) is 0 Å². The van der Waals surface area contributed by atoms with E-state index in [1.807, 2.05) is 0 Å². The molecule has 1 aliphatic carbocycles. The van der Waals surface area contributed by atoms with E-state index in [-0.39, 0.29) is 6.61 Å². The summed E-state index contributed by atoms with van der Waals surface area (Å²) in [5.74, 6) is -2.18. The van der Waals surface area contributed by atoms with Crippen molar-refractivity contribution in [3.05, 3.63) is 0 Å². The molecule has 0 bridgehead atoms. The maximum absolute atomic E-state index is 11.4. The fourth-order valence-corrected chi connectivity index (χ4v) is 2.95. The first-order valence-electron chi connectivity index (χ1n) is 6.65. The first-order chi connectivity index (χ1) is 9.30. The third-order valence-corrected chi connectivity index (χ3v) is 4.59. The minimum Gasteiger partial charge on any atom is -0.480 e. The molecule has 7 nitrogen and oxygen atoms in total. The third kappa shape index (κ3) is 5.87. The van der Waals surface area contributed by atoms with Crippen LogP contribution in [-0.2, 0) is 24.4 Å². The van der Waals surface area contributed by atoms with Crippen LogP contribution in [0.3, 0.4) is 0 Å². The van der Waals surface area contributed by atoms with Gasteiger partial charge in [0.25, 0.3) is 10.1 Å². The lowest BCUT2D eigenvalue weighted by Gasteiger charge is -2.21. The van der Waals surface area contributed by atoms with Crippen LogP contribution in [0.15, 0.2) is 0 Å². The second kappa shape index (κ2) is 7.58. The van der Waals surface area contributed by atoms with Crippen molar-refractivity contribution < 1.29 is 32.4 Å². The molecule has 0 spiro atoms. The van der Waals surface area contributed by atoms with Gasteiger partial charge in [-0.1, -0.05) is 32.1 Å². The SMILES string of the molecule is O=C(CC(C(=O)O)S(=O)(=O)O)OCCC1CCCCC1. The Balaban J connectivity index is 2.33. The van der Waals surface area contributed by atoms with Crippen molar-refractivity contribution in [2.24, 2.45) is 5.92 Å². The topological polar surface area (TPSA) is 118 Å². The molecule has 116 valence electrons. The highest BCUT2D eigenvalue weighted by Crippen LogP contribution is 2.26. The van der Waals surface area contributed by atoms with Crippen molar-refractivity contribution >= 4 is 22.1 Å². The molecule has 1 unspecified atom stereocenters. The second-order valence-corrected chi connectivity index (χ2v) is 6.66. The lowest BCUT2D eigenvalue weighted by molar-refractivity contribution is -0.147. The Labute approximate surface area is 118 Å². The van der Waals surface area contributed by atoms with Crippen LogP contribution in [0.5, 0.6) is 0 Å². The molecule has 1 fully saturated rings. The van der Waals surface area contributed by atoms with Gasteiger partial charge in [0.05, 0.1) is 13.0 Å². The van der Waals surface area contributed by atoms with Gasteiger partial charge >= 0.3 is 11.9 Å². The van der Waals surface area contributed by atoms with Crippen LogP contribution in [0.1, 0.15) is 44.9 Å². The van der Waals surface area contributed by atoms with Crippen LogP contribution in [0, 0.1) is 5.92 Å². The fourth-order valence-electron chi connectivity index (χ4n) is 2.35. The van der Waals surface area contributed by atoms with Gasteiger partial charge < -0.3 is 9.84 Å². The zero-order valence-corrected chi connectivity index (χ0v) is 12.0. The standard InChI is InChI=1S/C12H20O7S/c13-11(8-10(12(14)15)20(16,17)18)19-7-6-9-4-2-1-3-5-9/h9-10H,1-8H2,(H,14,15)(H,16,17,18). The van der Waals surface area contributed by atoms with E-state index in [1.54, 1.807) is 0 Å². The van der Waals surface area contributed by atoms with Gasteiger partial charge in [-0.2, -0.15) is 8.42 Å². The van der Waals surface area contributed by atoms with Crippen molar-refractivity contribution in [3.8, 4) is 0 Å². The summed E-state index contributed by atoms with van der Waals surface area (Å²) >= 11 is 0. The molecule has 0 radical (unpaired) electrons. The summed E-state index contributed by atoms with van der Waals surface area (Å²) in [4.78, 5) is 22.0. The van der Waals surface area contributed by atoms with Gasteiger partial charge in [-0.05, 0) is 12.3 Å². The predicted octanol–water partition coefficient (Wildman–Crippen LogP) is 1.23. The fraction of sp³-hybridized carbons (Fsp3) is 0.833. The average molecular weight is 308 g/mol. The molecule has 20 heavy (non-hydrogen) atoms. The highest BCUT2D eigenvalue weighted by atomic mass is 32.2. The van der Waals surface area contributed by atoms with Gasteiger partial charge in [0, 0.05) is 0 Å². The Kier molecular flexibility index (Phi) is 6.41. The Hall–Kier alpha value is -1.15. The smallest absolute Gasteiger partial charge is 0.325 e. The molecule has 0 amide bonds. The van der Waals surface area contributed by atoms with Gasteiger partial charge in [-0.15, -0.1) is 0 Å². The number of hydrogen-bond acceptors (Lipinski definition) is 5. The minimum absolute atomic E-state index is 0.154. The third-order valence-electron chi connectivity index (χ3n) is 3.50. The van der Waals surface area contributed by atoms with Crippen molar-refractivity contribution in [1.82, 2.24) is 0 Å². The Morgan fingerprint density at radius 2 is 1.80 bits per heavy atom. The molecule has 0 aliphatic heterocycles. The minimum atomic E-state index is -4.81. The van der Waals surface area contributed by atoms with Crippen LogP contribution < -0.4 is 0 Å². The summed E-state index contributed by atoms with van der Waals surface area (Å²) in [5.41, 5.74) is 0. The van der Waals surface area contributed by atoms with E-state index in [9.17, 15) is 18.0 Å². The summed E-state index contributed by atoms with van der Waals surface area (Å²) in [6.45, 7) is 0.154. The van der Waals surface area contributed by atoms with E-state index in [2.05, 4.69) is 0 Å². The monoisotopic (exact) mass is 308 g/mol. The molecule has 1 atom stereocenters. The van der Waals surface area contributed by atoms with E-state index in [4.69, 9.17) is 14.4 Å². The molecule has 1 aliphatic rings. The summed E-state index contributed by atoms with van der Waals surface area (Å²) in [5, 5.41) is 6.48. The number of carboxylic acids is 1. The van der Waals surface area contributed by atoms with E-state index in [0.717, 1.165) is 12.8 Å². The highest BCUT2D eigenvalue weighted by molar-refractivity contribution is 7.87. The molecular formula is C12H20O7S. The largest absolute Gasteiger partial charge is 0.480 e. The van der Waals surface area contributed by atoms with Gasteiger partial charge in [-0.3, -0.25) is 14.1 Å². The Morgan fingerprint density at radius 3 is 2.30 bits per heavy atom. The molecule has 8 heteroatoms. The first-order valence-corrected chi connectivity index (χ1v) is 8.15. The molecular weight excluding hydrogens is 288 g/mol. The summed E-state index contributed by atoms with van der Waals surface area (Å²) in [6.07, 6.45) is 5.59. The first kappa shape index (κ1) is 16.9. The molecule has 0 aromatic rings. The van der Waals surface area contributed by atoms with E-state index < -0.39 is 33.7 Å². The normalized spacial score (nSPS) is 18.4. The van der Waals surface area contributed by atoms with Crippen LogP contribution in [0.2, 0.25) is 0 Å². The second-order valence-electron chi connectivity index (χ2n) is 5.06. The molecule has 2 N–H and O–H groups in total. The molecule has 1 saturated carbocycles. The molecule has 0 saturated heterocycles. The molecule has 1 rings (SSSR count). The van der Waals surface area contributed by atoms with Crippen LogP contribution in [-0.4, -0.2) is 41.9 Å². The van der Waals surface area contributed by atoms with Crippen LogP contribution in [0.25, 0.3) is 0 Å². The van der Waals surface area contributed by atoms with Gasteiger partial charge in [0.15, 0.2) is 5.25 Å². The van der Waals surface area contributed by atoms with Gasteiger partial charge in [-0.25, -0.2) is 0 Å². The van der Waals surface area contributed by atoms with Crippen molar-refractivity contribution in [3.63, 3.8) is 0 Å². The number of carbonyl (C=O) groups excluding carboxylic acids is 1. The van der Waals surface area contributed by atoms with Crippen molar-refractivity contribution in [1.29, 1.82) is 0 Å². The lowest BCUT2D eigenvalue weighted by atomic mass is 9.87. The van der Waals surface area contributed by atoms with Gasteiger partial charge in [0.1, 0.15) is 0 Å². The Bertz CT molecular complexity index is 437. The zero-order chi connectivity index (χ0) is 15.2. The quantitative estimate of drug-likeness (QED) is 0.536. The van der Waals surface area contributed by atoms with Crippen LogP contribution >= 0.6 is 0 Å². The summed E-state index contributed by atoms with van der Waals surface area (Å²) < 4.78 is 35.1.